The number of anilines is 1. The Kier molecular flexibility index (Phi) is 7.63. The molecule has 1 aromatic carbocycles. The van der Waals surface area contributed by atoms with Crippen LogP contribution in [0.1, 0.15) is 36.0 Å². The fraction of sp³-hybridized carbons (Fsp3) is 0.346. The first-order chi connectivity index (χ1) is 16.4. The van der Waals surface area contributed by atoms with Gasteiger partial charge in [-0.3, -0.25) is 14.7 Å². The highest BCUT2D eigenvalue weighted by atomic mass is 35.5. The molecule has 4 rings (SSSR count). The van der Waals surface area contributed by atoms with Gasteiger partial charge in [0.05, 0.1) is 11.1 Å². The monoisotopic (exact) mass is 477 g/mol. The van der Waals surface area contributed by atoms with Gasteiger partial charge in [-0.05, 0) is 55.9 Å². The van der Waals surface area contributed by atoms with Gasteiger partial charge < -0.3 is 16.2 Å². The van der Waals surface area contributed by atoms with E-state index >= 15 is 0 Å². The number of carbonyl (C=O) groups excluding carboxylic acids is 1. The number of aliphatic hydroxyl groups excluding tert-OH is 1. The maximum atomic E-state index is 13.0. The van der Waals surface area contributed by atoms with Gasteiger partial charge in [-0.25, -0.2) is 4.98 Å². The molecule has 7 nitrogen and oxygen atoms in total. The third-order valence-corrected chi connectivity index (χ3v) is 6.25. The molecule has 0 bridgehead atoms. The highest BCUT2D eigenvalue weighted by Crippen LogP contribution is 2.35. The number of halogens is 1. The Bertz CT molecular complexity index is 1160. The van der Waals surface area contributed by atoms with Crippen LogP contribution in [0.4, 0.5) is 5.82 Å². The minimum Gasteiger partial charge on any atom is -0.403 e. The van der Waals surface area contributed by atoms with Crippen LogP contribution >= 0.6 is 11.6 Å². The molecule has 1 aliphatic heterocycles. The summed E-state index contributed by atoms with van der Waals surface area (Å²) in [5, 5.41) is 13.2. The molecular weight excluding hydrogens is 450 g/mol. The van der Waals surface area contributed by atoms with Gasteiger partial charge in [-0.15, -0.1) is 0 Å². The Hall–Kier alpha value is -3.18. The minimum absolute atomic E-state index is 0.0612. The third kappa shape index (κ3) is 6.03. The maximum absolute atomic E-state index is 13.0. The van der Waals surface area contributed by atoms with E-state index in [9.17, 15) is 9.90 Å². The molecule has 4 N–H and O–H groups in total. The average molecular weight is 478 g/mol. The molecule has 2 unspecified atom stereocenters. The van der Waals surface area contributed by atoms with Crippen LogP contribution in [0.2, 0.25) is 0 Å². The number of aromatic nitrogens is 1. The summed E-state index contributed by atoms with van der Waals surface area (Å²) in [6.45, 7) is 3.16. The maximum Gasteiger partial charge on any atom is 0.276 e. The first-order valence-corrected chi connectivity index (χ1v) is 11.7. The summed E-state index contributed by atoms with van der Waals surface area (Å²) in [5.41, 5.74) is 8.08. The molecule has 2 aliphatic rings. The van der Waals surface area contributed by atoms with Crippen LogP contribution < -0.4 is 11.1 Å². The molecule has 1 saturated heterocycles. The van der Waals surface area contributed by atoms with Crippen molar-refractivity contribution in [2.75, 3.05) is 18.4 Å². The Balaban J connectivity index is 1.45. The highest BCUT2D eigenvalue weighted by Gasteiger charge is 2.37. The van der Waals surface area contributed by atoms with Gasteiger partial charge >= 0.3 is 0 Å². The average Bonchev–Trinajstić information content (AvgIpc) is 3.60. The predicted octanol–water partition coefficient (Wildman–Crippen LogP) is 3.01. The first-order valence-electron chi connectivity index (χ1n) is 11.4. The fourth-order valence-corrected chi connectivity index (χ4v) is 4.04. The zero-order valence-corrected chi connectivity index (χ0v) is 19.8. The molecule has 1 saturated carbocycles. The second-order valence-electron chi connectivity index (χ2n) is 8.64. The Morgan fingerprint density at radius 3 is 2.71 bits per heavy atom. The smallest absolute Gasteiger partial charge is 0.276 e. The normalized spacial score (nSPS) is 19.9. The lowest BCUT2D eigenvalue weighted by Crippen LogP contribution is -2.35. The number of nitrogens with zero attached hydrogens (tertiary/aromatic N) is 3. The number of aliphatic hydroxyl groups is 1. The van der Waals surface area contributed by atoms with Crippen LogP contribution in [0.15, 0.2) is 58.8 Å². The summed E-state index contributed by atoms with van der Waals surface area (Å²) < 4.78 is 0. The third-order valence-electron chi connectivity index (χ3n) is 5.95. The SMILES string of the molecule is Cc1cc(C#Cc2ccccc2)cnc1NC(=O)C(=NC1CCN(C(O)C2CC2)C1)C(Cl)=CN. The number of benzene rings is 1. The molecule has 2 fully saturated rings. The molecule has 2 heterocycles. The van der Waals surface area contributed by atoms with E-state index in [1.807, 2.05) is 48.2 Å². The molecule has 2 aromatic rings. The van der Waals surface area contributed by atoms with Gasteiger partial charge in [0, 0.05) is 36.6 Å². The van der Waals surface area contributed by atoms with Gasteiger partial charge in [0.1, 0.15) is 17.8 Å². The molecular formula is C26H28ClN5O2. The number of carbonyl (C=O) groups is 1. The summed E-state index contributed by atoms with van der Waals surface area (Å²) in [5.74, 6) is 6.46. The predicted molar refractivity (Wildman–Crippen MR) is 134 cm³/mol. The number of hydrogen-bond acceptors (Lipinski definition) is 6. The molecule has 1 amide bonds. The van der Waals surface area contributed by atoms with Crippen molar-refractivity contribution in [2.24, 2.45) is 16.6 Å². The molecule has 34 heavy (non-hydrogen) atoms. The van der Waals surface area contributed by atoms with Crippen LogP contribution in [-0.2, 0) is 4.79 Å². The molecule has 0 radical (unpaired) electrons. The van der Waals surface area contributed by atoms with Crippen LogP contribution in [0.3, 0.4) is 0 Å². The number of nitrogens with one attached hydrogen (secondary N) is 1. The molecule has 0 spiro atoms. The summed E-state index contributed by atoms with van der Waals surface area (Å²) >= 11 is 6.24. The van der Waals surface area contributed by atoms with E-state index in [0.717, 1.165) is 48.7 Å². The van der Waals surface area contributed by atoms with E-state index in [-0.39, 0.29) is 16.8 Å². The van der Waals surface area contributed by atoms with Crippen molar-refractivity contribution in [3.63, 3.8) is 0 Å². The minimum atomic E-state index is -0.480. The zero-order chi connectivity index (χ0) is 24.1. The largest absolute Gasteiger partial charge is 0.403 e. The lowest BCUT2D eigenvalue weighted by molar-refractivity contribution is -0.110. The summed E-state index contributed by atoms with van der Waals surface area (Å²) in [7, 11) is 0. The van der Waals surface area contributed by atoms with Crippen molar-refractivity contribution in [1.82, 2.24) is 9.88 Å². The van der Waals surface area contributed by atoms with E-state index in [0.29, 0.717) is 18.3 Å². The molecule has 2 atom stereocenters. The first kappa shape index (κ1) is 24.0. The molecule has 1 aliphatic carbocycles. The van der Waals surface area contributed by atoms with Crippen molar-refractivity contribution >= 4 is 29.0 Å². The summed E-state index contributed by atoms with van der Waals surface area (Å²) in [6, 6.07) is 11.4. The Labute approximate surface area is 204 Å². The van der Waals surface area contributed by atoms with Gasteiger partial charge in [0.15, 0.2) is 0 Å². The summed E-state index contributed by atoms with van der Waals surface area (Å²) in [6.07, 6.45) is 5.20. The topological polar surface area (TPSA) is 104 Å². The van der Waals surface area contributed by atoms with Gasteiger partial charge in [-0.1, -0.05) is 41.6 Å². The highest BCUT2D eigenvalue weighted by molar-refractivity contribution is 6.61. The lowest BCUT2D eigenvalue weighted by atomic mass is 10.1. The van der Waals surface area contributed by atoms with Crippen LogP contribution in [0.25, 0.3) is 0 Å². The van der Waals surface area contributed by atoms with Crippen LogP contribution in [-0.4, -0.2) is 52.0 Å². The second kappa shape index (κ2) is 10.8. The van der Waals surface area contributed by atoms with Crippen molar-refractivity contribution in [3.8, 4) is 11.8 Å². The standard InChI is InChI=1S/C26H28ClN5O2/c1-17-13-19(8-7-18-5-3-2-4-6-18)15-29-24(17)31-25(33)23(22(27)14-28)30-21-11-12-32(16-21)26(34)20-9-10-20/h2-6,13-15,20-21,26,34H,9-12,16,28H2,1H3,(H,29,31,33). The Morgan fingerprint density at radius 1 is 1.29 bits per heavy atom. The van der Waals surface area contributed by atoms with Crippen molar-refractivity contribution < 1.29 is 9.90 Å². The summed E-state index contributed by atoms with van der Waals surface area (Å²) in [4.78, 5) is 24.0. The fourth-order valence-electron chi connectivity index (χ4n) is 3.90. The quantitative estimate of drug-likeness (QED) is 0.438. The number of amides is 1. The number of nitrogens with two attached hydrogens (primary N) is 1. The number of aryl methyl sites for hydroxylation is 1. The Morgan fingerprint density at radius 2 is 2.03 bits per heavy atom. The van der Waals surface area contributed by atoms with Gasteiger partial charge in [-0.2, -0.15) is 0 Å². The van der Waals surface area contributed by atoms with E-state index in [2.05, 4.69) is 27.1 Å². The van der Waals surface area contributed by atoms with Crippen LogP contribution in [0.5, 0.6) is 0 Å². The molecule has 176 valence electrons. The van der Waals surface area contributed by atoms with Crippen molar-refractivity contribution in [2.45, 2.75) is 38.5 Å². The number of hydrogen-bond donors (Lipinski definition) is 3. The van der Waals surface area contributed by atoms with Crippen molar-refractivity contribution in [1.29, 1.82) is 0 Å². The van der Waals surface area contributed by atoms with E-state index in [4.69, 9.17) is 17.3 Å². The molecule has 1 aromatic heterocycles. The molecule has 8 heteroatoms. The van der Waals surface area contributed by atoms with E-state index in [1.165, 1.54) is 0 Å². The number of pyridine rings is 1. The number of aliphatic imine (C=N–C) groups is 1. The van der Waals surface area contributed by atoms with Gasteiger partial charge in [0.25, 0.3) is 5.91 Å². The van der Waals surface area contributed by atoms with Crippen LogP contribution in [0, 0.1) is 24.7 Å². The second-order valence-corrected chi connectivity index (χ2v) is 9.05. The van der Waals surface area contributed by atoms with E-state index in [1.54, 1.807) is 6.20 Å². The lowest BCUT2D eigenvalue weighted by Gasteiger charge is -2.22. The number of rotatable bonds is 6. The van der Waals surface area contributed by atoms with Gasteiger partial charge in [0.2, 0.25) is 0 Å². The zero-order valence-electron chi connectivity index (χ0n) is 19.0. The van der Waals surface area contributed by atoms with E-state index < -0.39 is 12.1 Å². The van der Waals surface area contributed by atoms with Crippen molar-refractivity contribution in [3.05, 3.63) is 70.5 Å². The number of likely N-dealkylation sites (tertiary alicyclic amines) is 1.